The molecule has 0 amide bonds. The summed E-state index contributed by atoms with van der Waals surface area (Å²) in [5.74, 6) is 1.07. The normalized spacial score (nSPS) is 45.9. The van der Waals surface area contributed by atoms with Crippen molar-refractivity contribution in [1.82, 2.24) is 0 Å². The average Bonchev–Trinajstić information content (AvgIpc) is 2.83. The highest BCUT2D eigenvalue weighted by atomic mass is 16.4. The molecule has 0 heterocycles. The number of carboxylic acid groups (broad SMARTS) is 1. The summed E-state index contributed by atoms with van der Waals surface area (Å²) in [5.41, 5.74) is 2.00. The maximum atomic E-state index is 11.1. The molecule has 3 fully saturated rings. The third kappa shape index (κ3) is 3.05. The second-order valence-corrected chi connectivity index (χ2v) is 9.29. The van der Waals surface area contributed by atoms with Gasteiger partial charge in [0, 0.05) is 6.42 Å². The van der Waals surface area contributed by atoms with Gasteiger partial charge in [-0.1, -0.05) is 26.0 Å². The molecule has 0 aromatic heterocycles. The van der Waals surface area contributed by atoms with E-state index in [2.05, 4.69) is 20.4 Å². The van der Waals surface area contributed by atoms with Crippen molar-refractivity contribution in [3.63, 3.8) is 0 Å². The van der Waals surface area contributed by atoms with Crippen molar-refractivity contribution in [3.05, 3.63) is 12.2 Å². The molecule has 3 rings (SSSR count). The summed E-state index contributed by atoms with van der Waals surface area (Å²) in [4.78, 5) is 11.1. The number of carboxylic acids is 1. The Labute approximate surface area is 146 Å². The van der Waals surface area contributed by atoms with Crippen LogP contribution in [0.4, 0.5) is 0 Å². The van der Waals surface area contributed by atoms with Crippen molar-refractivity contribution in [3.8, 4) is 0 Å². The number of hydrogen-bond donors (Lipinski definition) is 2. The van der Waals surface area contributed by atoms with E-state index >= 15 is 0 Å². The molecule has 6 unspecified atom stereocenters. The quantitative estimate of drug-likeness (QED) is 0.727. The van der Waals surface area contributed by atoms with Crippen molar-refractivity contribution in [2.24, 2.45) is 28.6 Å². The number of allylic oxidation sites excluding steroid dienone is 1. The van der Waals surface area contributed by atoms with E-state index in [1.807, 2.05) is 0 Å². The fourth-order valence-corrected chi connectivity index (χ4v) is 6.21. The van der Waals surface area contributed by atoms with Gasteiger partial charge in [-0.25, -0.2) is 0 Å². The van der Waals surface area contributed by atoms with Gasteiger partial charge < -0.3 is 10.2 Å². The average molecular weight is 335 g/mol. The third-order valence-corrected chi connectivity index (χ3v) is 8.23. The van der Waals surface area contributed by atoms with Crippen molar-refractivity contribution in [1.29, 1.82) is 0 Å². The SMILES string of the molecule is C=C1CCC2CC(C3(C)CCC(O)CC3CCC(=O)O)CCC12C. The Morgan fingerprint density at radius 1 is 1.17 bits per heavy atom. The highest BCUT2D eigenvalue weighted by Crippen LogP contribution is 2.61. The molecule has 3 aliphatic rings. The van der Waals surface area contributed by atoms with Crippen molar-refractivity contribution in [2.45, 2.75) is 84.2 Å². The Morgan fingerprint density at radius 3 is 2.62 bits per heavy atom. The zero-order valence-electron chi connectivity index (χ0n) is 15.4. The molecule has 136 valence electrons. The molecule has 0 aliphatic heterocycles. The van der Waals surface area contributed by atoms with Crippen LogP contribution in [0.1, 0.15) is 78.1 Å². The number of aliphatic hydroxyl groups is 1. The molecule has 0 bridgehead atoms. The van der Waals surface area contributed by atoms with Gasteiger partial charge in [-0.2, -0.15) is 0 Å². The predicted octanol–water partition coefficient (Wildman–Crippen LogP) is 4.79. The molecule has 3 nitrogen and oxygen atoms in total. The summed E-state index contributed by atoms with van der Waals surface area (Å²) in [5, 5.41) is 19.2. The molecule has 6 atom stereocenters. The first-order valence-electron chi connectivity index (χ1n) is 9.84. The van der Waals surface area contributed by atoms with E-state index < -0.39 is 5.97 Å². The molecular weight excluding hydrogens is 300 g/mol. The summed E-state index contributed by atoms with van der Waals surface area (Å²) in [6.07, 6.45) is 9.64. The molecule has 0 saturated heterocycles. The number of hydrogen-bond acceptors (Lipinski definition) is 2. The van der Waals surface area contributed by atoms with Crippen LogP contribution in [0.25, 0.3) is 0 Å². The molecule has 24 heavy (non-hydrogen) atoms. The molecule has 0 aromatic rings. The van der Waals surface area contributed by atoms with E-state index in [0.29, 0.717) is 23.7 Å². The number of aliphatic carboxylic acids is 1. The minimum atomic E-state index is -0.708. The van der Waals surface area contributed by atoms with Gasteiger partial charge in [0.1, 0.15) is 0 Å². The first kappa shape index (κ1) is 18.0. The van der Waals surface area contributed by atoms with Crippen LogP contribution in [-0.2, 0) is 4.79 Å². The van der Waals surface area contributed by atoms with Crippen LogP contribution < -0.4 is 0 Å². The zero-order valence-corrected chi connectivity index (χ0v) is 15.4. The summed E-state index contributed by atoms with van der Waals surface area (Å²) >= 11 is 0. The van der Waals surface area contributed by atoms with Gasteiger partial charge in [0.25, 0.3) is 0 Å². The minimum Gasteiger partial charge on any atom is -0.481 e. The van der Waals surface area contributed by atoms with E-state index in [1.54, 1.807) is 0 Å². The first-order chi connectivity index (χ1) is 11.3. The maximum absolute atomic E-state index is 11.1. The van der Waals surface area contributed by atoms with Crippen LogP contribution in [0.5, 0.6) is 0 Å². The highest BCUT2D eigenvalue weighted by Gasteiger charge is 2.52. The van der Waals surface area contributed by atoms with Gasteiger partial charge in [-0.15, -0.1) is 0 Å². The van der Waals surface area contributed by atoms with Crippen LogP contribution in [0.3, 0.4) is 0 Å². The lowest BCUT2D eigenvalue weighted by molar-refractivity contribution is -0.138. The molecule has 0 radical (unpaired) electrons. The molecule has 3 aliphatic carbocycles. The Hall–Kier alpha value is -0.830. The monoisotopic (exact) mass is 334 g/mol. The Kier molecular flexibility index (Phi) is 4.85. The largest absolute Gasteiger partial charge is 0.481 e. The van der Waals surface area contributed by atoms with Crippen molar-refractivity contribution in [2.75, 3.05) is 0 Å². The third-order valence-electron chi connectivity index (χ3n) is 8.23. The van der Waals surface area contributed by atoms with E-state index in [4.69, 9.17) is 5.11 Å². The summed E-state index contributed by atoms with van der Waals surface area (Å²) < 4.78 is 0. The van der Waals surface area contributed by atoms with Gasteiger partial charge in [0.2, 0.25) is 0 Å². The number of aliphatic hydroxyl groups excluding tert-OH is 1. The lowest BCUT2D eigenvalue weighted by Gasteiger charge is -2.53. The Bertz CT molecular complexity index is 513. The highest BCUT2D eigenvalue weighted by molar-refractivity contribution is 5.66. The summed E-state index contributed by atoms with van der Waals surface area (Å²) in [6, 6.07) is 0. The summed E-state index contributed by atoms with van der Waals surface area (Å²) in [7, 11) is 0. The second-order valence-electron chi connectivity index (χ2n) is 9.29. The fraction of sp³-hybridized carbons (Fsp3) is 0.857. The smallest absolute Gasteiger partial charge is 0.303 e. The molecule has 0 aromatic carbocycles. The molecule has 3 heteroatoms. The van der Waals surface area contributed by atoms with E-state index in [1.165, 1.54) is 37.7 Å². The first-order valence-corrected chi connectivity index (χ1v) is 9.84. The van der Waals surface area contributed by atoms with Crippen LogP contribution in [0, 0.1) is 28.6 Å². The standard InChI is InChI=1S/C21H34O3/c1-14-4-5-15-12-17(8-10-20(14,15)2)21(3)11-9-18(22)13-16(21)6-7-19(23)24/h15-18,22H,1,4-13H2,2-3H3,(H,23,24). The van der Waals surface area contributed by atoms with Crippen LogP contribution in [-0.4, -0.2) is 22.3 Å². The van der Waals surface area contributed by atoms with Gasteiger partial charge in [0.05, 0.1) is 6.10 Å². The molecule has 2 N–H and O–H groups in total. The zero-order chi connectivity index (χ0) is 17.5. The Morgan fingerprint density at radius 2 is 1.92 bits per heavy atom. The van der Waals surface area contributed by atoms with Crippen LogP contribution in [0.2, 0.25) is 0 Å². The van der Waals surface area contributed by atoms with E-state index in [-0.39, 0.29) is 17.9 Å². The van der Waals surface area contributed by atoms with Crippen molar-refractivity contribution >= 4 is 5.97 Å². The molecule has 0 spiro atoms. The van der Waals surface area contributed by atoms with Crippen LogP contribution >= 0.6 is 0 Å². The lowest BCUT2D eigenvalue weighted by atomic mass is 9.52. The number of carbonyl (C=O) groups is 1. The van der Waals surface area contributed by atoms with Gasteiger partial charge in [0.15, 0.2) is 0 Å². The topological polar surface area (TPSA) is 57.5 Å². The van der Waals surface area contributed by atoms with E-state index in [0.717, 1.165) is 25.2 Å². The molecule has 3 saturated carbocycles. The predicted molar refractivity (Wildman–Crippen MR) is 95.6 cm³/mol. The number of fused-ring (bicyclic) bond motifs is 1. The lowest BCUT2D eigenvalue weighted by Crippen LogP contribution is -2.45. The molecular formula is C21H34O3. The maximum Gasteiger partial charge on any atom is 0.303 e. The fourth-order valence-electron chi connectivity index (χ4n) is 6.21. The minimum absolute atomic E-state index is 0.194. The van der Waals surface area contributed by atoms with Crippen molar-refractivity contribution < 1.29 is 15.0 Å². The van der Waals surface area contributed by atoms with Gasteiger partial charge in [-0.05, 0) is 86.4 Å². The van der Waals surface area contributed by atoms with Gasteiger partial charge >= 0.3 is 5.97 Å². The second kappa shape index (κ2) is 6.48. The number of rotatable bonds is 4. The van der Waals surface area contributed by atoms with E-state index in [9.17, 15) is 9.90 Å². The van der Waals surface area contributed by atoms with Crippen LogP contribution in [0.15, 0.2) is 12.2 Å². The Balaban J connectivity index is 1.75. The summed E-state index contributed by atoms with van der Waals surface area (Å²) in [6.45, 7) is 9.15. The van der Waals surface area contributed by atoms with Gasteiger partial charge in [-0.3, -0.25) is 4.79 Å².